The lowest BCUT2D eigenvalue weighted by molar-refractivity contribution is -0.116. The SMILES string of the molecule is O=C1C[C@H](c2ccc(O)cc2)c2cnn(Cc3ccco3)c2N1. The zero-order valence-corrected chi connectivity index (χ0v) is 12.3. The third-order valence-electron chi connectivity index (χ3n) is 4.07. The summed E-state index contributed by atoms with van der Waals surface area (Å²) in [7, 11) is 0. The van der Waals surface area contributed by atoms with Crippen molar-refractivity contribution in [3.63, 3.8) is 0 Å². The van der Waals surface area contributed by atoms with E-state index in [1.54, 1.807) is 29.3 Å². The van der Waals surface area contributed by atoms with Crippen LogP contribution in [0.15, 0.2) is 53.3 Å². The number of anilines is 1. The first-order chi connectivity index (χ1) is 11.2. The molecule has 4 rings (SSSR count). The highest BCUT2D eigenvalue weighted by Crippen LogP contribution is 2.37. The topological polar surface area (TPSA) is 80.3 Å². The molecule has 6 nitrogen and oxygen atoms in total. The van der Waals surface area contributed by atoms with E-state index in [4.69, 9.17) is 4.42 Å². The van der Waals surface area contributed by atoms with Crippen LogP contribution >= 0.6 is 0 Å². The lowest BCUT2D eigenvalue weighted by Crippen LogP contribution is -2.25. The highest BCUT2D eigenvalue weighted by Gasteiger charge is 2.30. The van der Waals surface area contributed by atoms with Gasteiger partial charge < -0.3 is 14.8 Å². The van der Waals surface area contributed by atoms with Gasteiger partial charge in [-0.05, 0) is 29.8 Å². The monoisotopic (exact) mass is 309 g/mol. The number of fused-ring (bicyclic) bond motifs is 1. The smallest absolute Gasteiger partial charge is 0.226 e. The Bertz CT molecular complexity index is 835. The zero-order chi connectivity index (χ0) is 15.8. The molecule has 1 amide bonds. The number of carbonyl (C=O) groups is 1. The molecule has 1 aromatic carbocycles. The normalized spacial score (nSPS) is 16.9. The number of hydrogen-bond donors (Lipinski definition) is 2. The highest BCUT2D eigenvalue weighted by molar-refractivity contribution is 5.94. The van der Waals surface area contributed by atoms with Crippen molar-refractivity contribution in [3.8, 4) is 5.75 Å². The Morgan fingerprint density at radius 1 is 1.30 bits per heavy atom. The number of amides is 1. The van der Waals surface area contributed by atoms with Gasteiger partial charge in [0, 0.05) is 17.9 Å². The number of rotatable bonds is 3. The largest absolute Gasteiger partial charge is 0.508 e. The van der Waals surface area contributed by atoms with Crippen molar-refractivity contribution in [2.45, 2.75) is 18.9 Å². The summed E-state index contributed by atoms with van der Waals surface area (Å²) in [5.41, 5.74) is 1.96. The average molecular weight is 309 g/mol. The fourth-order valence-corrected chi connectivity index (χ4v) is 2.94. The second-order valence-electron chi connectivity index (χ2n) is 5.58. The van der Waals surface area contributed by atoms with Crippen LogP contribution in [0.4, 0.5) is 5.82 Å². The van der Waals surface area contributed by atoms with Gasteiger partial charge in [0.2, 0.25) is 5.91 Å². The molecular formula is C17H15N3O3. The predicted molar refractivity (Wildman–Crippen MR) is 83.2 cm³/mol. The highest BCUT2D eigenvalue weighted by atomic mass is 16.3. The van der Waals surface area contributed by atoms with Crippen LogP contribution in [0.25, 0.3) is 0 Å². The van der Waals surface area contributed by atoms with E-state index in [1.807, 2.05) is 24.3 Å². The van der Waals surface area contributed by atoms with Gasteiger partial charge in [-0.25, -0.2) is 4.68 Å². The minimum Gasteiger partial charge on any atom is -0.508 e. The molecule has 1 aliphatic rings. The molecule has 2 N–H and O–H groups in total. The number of phenolic OH excluding ortho intramolecular Hbond substituents is 1. The third kappa shape index (κ3) is 2.48. The molecule has 23 heavy (non-hydrogen) atoms. The van der Waals surface area contributed by atoms with Crippen LogP contribution in [0, 0.1) is 0 Å². The van der Waals surface area contributed by atoms with Crippen LogP contribution in [0.2, 0.25) is 0 Å². The zero-order valence-electron chi connectivity index (χ0n) is 12.3. The number of benzene rings is 1. The number of aromatic hydroxyl groups is 1. The van der Waals surface area contributed by atoms with Crippen molar-refractivity contribution >= 4 is 11.7 Å². The summed E-state index contributed by atoms with van der Waals surface area (Å²) in [6.07, 6.45) is 3.77. The number of aromatic nitrogens is 2. The maximum Gasteiger partial charge on any atom is 0.226 e. The van der Waals surface area contributed by atoms with Gasteiger partial charge in [-0.3, -0.25) is 4.79 Å². The molecular weight excluding hydrogens is 294 g/mol. The van der Waals surface area contributed by atoms with E-state index in [9.17, 15) is 9.90 Å². The van der Waals surface area contributed by atoms with Gasteiger partial charge in [0.05, 0.1) is 12.5 Å². The number of hydrogen-bond acceptors (Lipinski definition) is 4. The van der Waals surface area contributed by atoms with Crippen molar-refractivity contribution < 1.29 is 14.3 Å². The van der Waals surface area contributed by atoms with Gasteiger partial charge in [-0.1, -0.05) is 12.1 Å². The second kappa shape index (κ2) is 5.31. The molecule has 0 radical (unpaired) electrons. The molecule has 0 spiro atoms. The van der Waals surface area contributed by atoms with Gasteiger partial charge in [-0.15, -0.1) is 0 Å². The summed E-state index contributed by atoms with van der Waals surface area (Å²) < 4.78 is 7.08. The van der Waals surface area contributed by atoms with E-state index in [0.717, 1.165) is 16.9 Å². The standard InChI is InChI=1S/C17H15N3O3/c21-12-5-3-11(4-6-12)14-8-16(22)19-17-15(14)9-18-20(17)10-13-2-1-7-23-13/h1-7,9,14,21H,8,10H2,(H,19,22)/t14-/m1/s1. The summed E-state index contributed by atoms with van der Waals surface area (Å²) in [6, 6.07) is 10.6. The molecule has 3 aromatic rings. The molecule has 1 atom stereocenters. The Labute approximate surface area is 132 Å². The summed E-state index contributed by atoms with van der Waals surface area (Å²) in [6.45, 7) is 0.463. The fraction of sp³-hybridized carbons (Fsp3) is 0.176. The Hall–Kier alpha value is -3.02. The molecule has 2 aromatic heterocycles. The Morgan fingerprint density at radius 3 is 2.87 bits per heavy atom. The number of nitrogens with zero attached hydrogens (tertiary/aromatic N) is 2. The van der Waals surface area contributed by atoms with Crippen molar-refractivity contribution in [1.82, 2.24) is 9.78 Å². The van der Waals surface area contributed by atoms with Gasteiger partial charge in [0.25, 0.3) is 0 Å². The first-order valence-electron chi connectivity index (χ1n) is 7.37. The third-order valence-corrected chi connectivity index (χ3v) is 4.07. The van der Waals surface area contributed by atoms with Crippen LogP contribution in [0.5, 0.6) is 5.75 Å². The van der Waals surface area contributed by atoms with Gasteiger partial charge >= 0.3 is 0 Å². The number of furan rings is 1. The maximum atomic E-state index is 12.1. The Morgan fingerprint density at radius 2 is 2.13 bits per heavy atom. The van der Waals surface area contributed by atoms with E-state index >= 15 is 0 Å². The first kappa shape index (κ1) is 13.6. The molecule has 0 saturated heterocycles. The number of phenols is 1. The number of carbonyl (C=O) groups excluding carboxylic acids is 1. The minimum absolute atomic E-state index is 0.0447. The maximum absolute atomic E-state index is 12.1. The van der Waals surface area contributed by atoms with E-state index < -0.39 is 0 Å². The lowest BCUT2D eigenvalue weighted by Gasteiger charge is -2.23. The summed E-state index contributed by atoms with van der Waals surface area (Å²) >= 11 is 0. The summed E-state index contributed by atoms with van der Waals surface area (Å²) in [5.74, 6) is 1.58. The van der Waals surface area contributed by atoms with Crippen molar-refractivity contribution in [2.75, 3.05) is 5.32 Å². The van der Waals surface area contributed by atoms with Crippen LogP contribution in [0.1, 0.15) is 29.2 Å². The molecule has 0 unspecified atom stereocenters. The van der Waals surface area contributed by atoms with Gasteiger partial charge in [0.15, 0.2) is 0 Å². The quantitative estimate of drug-likeness (QED) is 0.779. The van der Waals surface area contributed by atoms with E-state index in [2.05, 4.69) is 10.4 Å². The van der Waals surface area contributed by atoms with Gasteiger partial charge in [0.1, 0.15) is 23.9 Å². The predicted octanol–water partition coefficient (Wildman–Crippen LogP) is 2.70. The van der Waals surface area contributed by atoms with Crippen molar-refractivity contribution in [3.05, 3.63) is 65.7 Å². The summed E-state index contributed by atoms with van der Waals surface area (Å²) in [4.78, 5) is 12.1. The molecule has 6 heteroatoms. The van der Waals surface area contributed by atoms with Crippen LogP contribution in [-0.4, -0.2) is 20.8 Å². The van der Waals surface area contributed by atoms with Crippen LogP contribution in [-0.2, 0) is 11.3 Å². The van der Waals surface area contributed by atoms with E-state index in [0.29, 0.717) is 18.8 Å². The Balaban J connectivity index is 1.72. The van der Waals surface area contributed by atoms with E-state index in [-0.39, 0.29) is 17.6 Å². The molecule has 0 aliphatic carbocycles. The van der Waals surface area contributed by atoms with E-state index in [1.165, 1.54) is 0 Å². The van der Waals surface area contributed by atoms with Crippen LogP contribution < -0.4 is 5.32 Å². The second-order valence-corrected chi connectivity index (χ2v) is 5.58. The fourth-order valence-electron chi connectivity index (χ4n) is 2.94. The average Bonchev–Trinajstić information content (AvgIpc) is 3.18. The van der Waals surface area contributed by atoms with Gasteiger partial charge in [-0.2, -0.15) is 5.10 Å². The van der Waals surface area contributed by atoms with Crippen molar-refractivity contribution in [2.24, 2.45) is 0 Å². The minimum atomic E-state index is -0.0651. The first-order valence-corrected chi connectivity index (χ1v) is 7.37. The molecule has 116 valence electrons. The lowest BCUT2D eigenvalue weighted by atomic mass is 9.87. The number of nitrogens with one attached hydrogen (secondary N) is 1. The van der Waals surface area contributed by atoms with Crippen LogP contribution in [0.3, 0.4) is 0 Å². The molecule has 0 bridgehead atoms. The molecule has 0 saturated carbocycles. The Kier molecular flexibility index (Phi) is 3.15. The molecule has 1 aliphatic heterocycles. The van der Waals surface area contributed by atoms with Crippen molar-refractivity contribution in [1.29, 1.82) is 0 Å². The molecule has 3 heterocycles. The summed E-state index contributed by atoms with van der Waals surface area (Å²) in [5, 5.41) is 16.7. The molecule has 0 fully saturated rings.